The van der Waals surface area contributed by atoms with E-state index in [4.69, 9.17) is 0 Å². The Morgan fingerprint density at radius 3 is 2.92 bits per heavy atom. The van der Waals surface area contributed by atoms with Crippen LogP contribution < -0.4 is 0 Å². The molecule has 0 N–H and O–H groups in total. The first-order valence-corrected chi connectivity index (χ1v) is 4.75. The minimum absolute atomic E-state index is 1.04. The highest BCUT2D eigenvalue weighted by molar-refractivity contribution is 7.83. The first-order chi connectivity index (χ1) is 5.86. The Labute approximate surface area is 79.8 Å². The van der Waals surface area contributed by atoms with Gasteiger partial charge in [0, 0.05) is 0 Å². The van der Waals surface area contributed by atoms with Crippen LogP contribution in [0.4, 0.5) is 0 Å². The fraction of sp³-hybridized carbons (Fsp3) is 0.273. The van der Waals surface area contributed by atoms with Gasteiger partial charge in [0.05, 0.1) is 0 Å². The SMILES string of the molecule is CCC(=C/S)/C=C1/C=CC=CC1. The molecule has 0 saturated carbocycles. The number of hydrogen-bond acceptors (Lipinski definition) is 1. The van der Waals surface area contributed by atoms with Gasteiger partial charge in [0.25, 0.3) is 0 Å². The summed E-state index contributed by atoms with van der Waals surface area (Å²) >= 11 is 4.15. The molecule has 0 radical (unpaired) electrons. The second-order valence-electron chi connectivity index (χ2n) is 2.77. The minimum atomic E-state index is 1.04. The Hall–Kier alpha value is -0.690. The largest absolute Gasteiger partial charge is 0.151 e. The molecular formula is C11H14S. The van der Waals surface area contributed by atoms with Crippen LogP contribution in [-0.2, 0) is 0 Å². The van der Waals surface area contributed by atoms with Crippen molar-refractivity contribution in [1.29, 1.82) is 0 Å². The highest BCUT2D eigenvalue weighted by Gasteiger charge is 1.94. The minimum Gasteiger partial charge on any atom is -0.151 e. The number of hydrogen-bond donors (Lipinski definition) is 1. The zero-order valence-corrected chi connectivity index (χ0v) is 8.22. The van der Waals surface area contributed by atoms with Crippen molar-refractivity contribution in [2.24, 2.45) is 0 Å². The Kier molecular flexibility index (Phi) is 3.95. The van der Waals surface area contributed by atoms with Crippen molar-refractivity contribution >= 4 is 12.6 Å². The van der Waals surface area contributed by atoms with E-state index in [1.165, 1.54) is 11.1 Å². The summed E-state index contributed by atoms with van der Waals surface area (Å²) in [6.07, 6.45) is 12.7. The lowest BCUT2D eigenvalue weighted by Crippen LogP contribution is -1.82. The van der Waals surface area contributed by atoms with Gasteiger partial charge in [-0.25, -0.2) is 0 Å². The molecule has 0 nitrogen and oxygen atoms in total. The van der Waals surface area contributed by atoms with Gasteiger partial charge in [-0.05, 0) is 29.4 Å². The maximum atomic E-state index is 4.15. The Bertz CT molecular complexity index is 254. The third kappa shape index (κ3) is 2.74. The highest BCUT2D eigenvalue weighted by atomic mass is 32.1. The zero-order valence-electron chi connectivity index (χ0n) is 7.33. The normalized spacial score (nSPS) is 20.5. The van der Waals surface area contributed by atoms with Crippen LogP contribution in [0.3, 0.4) is 0 Å². The second kappa shape index (κ2) is 5.04. The van der Waals surface area contributed by atoms with Crippen LogP contribution in [0.25, 0.3) is 0 Å². The van der Waals surface area contributed by atoms with Gasteiger partial charge in [-0.1, -0.05) is 37.3 Å². The van der Waals surface area contributed by atoms with Gasteiger partial charge in [0.15, 0.2) is 0 Å². The van der Waals surface area contributed by atoms with E-state index in [0.717, 1.165) is 12.8 Å². The lowest BCUT2D eigenvalue weighted by Gasteiger charge is -2.02. The standard InChI is InChI=1S/C11H14S/c1-2-10(9-12)8-11-6-4-3-5-7-11/h3-6,8-9,12H,2,7H2,1H3/b10-9-,11-8-. The third-order valence-electron chi connectivity index (χ3n) is 1.86. The molecular weight excluding hydrogens is 164 g/mol. The lowest BCUT2D eigenvalue weighted by molar-refractivity contribution is 1.13. The fourth-order valence-electron chi connectivity index (χ4n) is 1.11. The molecule has 1 rings (SSSR count). The first kappa shape index (κ1) is 9.40. The van der Waals surface area contributed by atoms with Gasteiger partial charge in [-0.2, -0.15) is 12.6 Å². The van der Waals surface area contributed by atoms with Crippen LogP contribution in [0, 0.1) is 0 Å². The van der Waals surface area contributed by atoms with Crippen molar-refractivity contribution in [3.63, 3.8) is 0 Å². The molecule has 0 atom stereocenters. The van der Waals surface area contributed by atoms with Crippen molar-refractivity contribution in [2.45, 2.75) is 19.8 Å². The van der Waals surface area contributed by atoms with E-state index in [9.17, 15) is 0 Å². The van der Waals surface area contributed by atoms with Crippen LogP contribution in [0.1, 0.15) is 19.8 Å². The Balaban J connectivity index is 2.68. The lowest BCUT2D eigenvalue weighted by atomic mass is 10.0. The average Bonchev–Trinajstić information content (AvgIpc) is 2.16. The molecule has 0 aliphatic heterocycles. The van der Waals surface area contributed by atoms with Crippen molar-refractivity contribution in [3.8, 4) is 0 Å². The molecule has 64 valence electrons. The molecule has 0 heterocycles. The molecule has 1 aliphatic carbocycles. The van der Waals surface area contributed by atoms with Crippen LogP contribution >= 0.6 is 12.6 Å². The Morgan fingerprint density at radius 2 is 2.42 bits per heavy atom. The van der Waals surface area contributed by atoms with E-state index >= 15 is 0 Å². The van der Waals surface area contributed by atoms with Crippen molar-refractivity contribution in [2.75, 3.05) is 0 Å². The maximum Gasteiger partial charge on any atom is -0.00942 e. The van der Waals surface area contributed by atoms with E-state index in [2.05, 4.69) is 49.9 Å². The zero-order chi connectivity index (χ0) is 8.81. The van der Waals surface area contributed by atoms with Gasteiger partial charge < -0.3 is 0 Å². The van der Waals surface area contributed by atoms with Gasteiger partial charge in [0.2, 0.25) is 0 Å². The smallest absolute Gasteiger partial charge is 0.00942 e. The molecule has 0 aromatic rings. The van der Waals surface area contributed by atoms with Gasteiger partial charge in [-0.3, -0.25) is 0 Å². The van der Waals surface area contributed by atoms with Gasteiger partial charge >= 0.3 is 0 Å². The topological polar surface area (TPSA) is 0 Å². The second-order valence-corrected chi connectivity index (χ2v) is 3.03. The third-order valence-corrected chi connectivity index (χ3v) is 2.19. The number of rotatable bonds is 2. The number of thiol groups is 1. The van der Waals surface area contributed by atoms with E-state index < -0.39 is 0 Å². The molecule has 0 aromatic heterocycles. The molecule has 1 aliphatic rings. The van der Waals surface area contributed by atoms with Crippen LogP contribution in [0.5, 0.6) is 0 Å². The summed E-state index contributed by atoms with van der Waals surface area (Å²) in [5.41, 5.74) is 2.65. The summed E-state index contributed by atoms with van der Waals surface area (Å²) in [6.45, 7) is 2.14. The summed E-state index contributed by atoms with van der Waals surface area (Å²) in [5, 5.41) is 1.87. The molecule has 0 unspecified atom stereocenters. The quantitative estimate of drug-likeness (QED) is 0.613. The molecule has 1 heteroatoms. The predicted octanol–water partition coefficient (Wildman–Crippen LogP) is 3.65. The maximum absolute atomic E-state index is 4.15. The van der Waals surface area contributed by atoms with E-state index in [-0.39, 0.29) is 0 Å². The summed E-state index contributed by atoms with van der Waals surface area (Å²) < 4.78 is 0. The molecule has 0 bridgehead atoms. The van der Waals surface area contributed by atoms with E-state index in [1.807, 2.05) is 5.41 Å². The molecule has 0 spiro atoms. The predicted molar refractivity (Wildman–Crippen MR) is 58.3 cm³/mol. The van der Waals surface area contributed by atoms with Crippen molar-refractivity contribution in [3.05, 3.63) is 46.9 Å². The fourth-order valence-corrected chi connectivity index (χ4v) is 1.36. The molecule has 0 fully saturated rings. The summed E-state index contributed by atoms with van der Waals surface area (Å²) in [5.74, 6) is 0. The van der Waals surface area contributed by atoms with Crippen LogP contribution in [0.2, 0.25) is 0 Å². The Morgan fingerprint density at radius 1 is 1.58 bits per heavy atom. The van der Waals surface area contributed by atoms with Crippen LogP contribution in [-0.4, -0.2) is 0 Å². The van der Waals surface area contributed by atoms with Crippen molar-refractivity contribution < 1.29 is 0 Å². The first-order valence-electron chi connectivity index (χ1n) is 4.24. The molecule has 0 aromatic carbocycles. The summed E-state index contributed by atoms with van der Waals surface area (Å²) in [6, 6.07) is 0. The molecule has 0 amide bonds. The van der Waals surface area contributed by atoms with Crippen LogP contribution in [0.15, 0.2) is 46.9 Å². The number of allylic oxidation sites excluding steroid dienone is 7. The summed E-state index contributed by atoms with van der Waals surface area (Å²) in [7, 11) is 0. The highest BCUT2D eigenvalue weighted by Crippen LogP contribution is 2.15. The average molecular weight is 178 g/mol. The monoisotopic (exact) mass is 178 g/mol. The van der Waals surface area contributed by atoms with Gasteiger partial charge in [-0.15, -0.1) is 0 Å². The van der Waals surface area contributed by atoms with Crippen molar-refractivity contribution in [1.82, 2.24) is 0 Å². The molecule has 12 heavy (non-hydrogen) atoms. The van der Waals surface area contributed by atoms with Gasteiger partial charge in [0.1, 0.15) is 0 Å². The van der Waals surface area contributed by atoms with E-state index in [0.29, 0.717) is 0 Å². The van der Waals surface area contributed by atoms with E-state index in [1.54, 1.807) is 0 Å². The molecule has 0 saturated heterocycles. The summed E-state index contributed by atoms with van der Waals surface area (Å²) in [4.78, 5) is 0.